The number of phenols is 1. The first-order valence-electron chi connectivity index (χ1n) is 8.62. The molecule has 4 heteroatoms. The summed E-state index contributed by atoms with van der Waals surface area (Å²) in [4.78, 5) is 17.2. The number of phenolic OH excluding ortho intramolecular Hbond substituents is 1. The van der Waals surface area contributed by atoms with Gasteiger partial charge in [0.1, 0.15) is 11.6 Å². The van der Waals surface area contributed by atoms with Crippen molar-refractivity contribution in [2.45, 2.75) is 19.8 Å². The maximum Gasteiger partial charge on any atom is 0.192 e. The zero-order valence-electron chi connectivity index (χ0n) is 14.8. The van der Waals surface area contributed by atoms with Gasteiger partial charge in [-0.15, -0.1) is 0 Å². The fourth-order valence-corrected chi connectivity index (χ4v) is 2.98. The van der Waals surface area contributed by atoms with Gasteiger partial charge in [0.25, 0.3) is 0 Å². The minimum absolute atomic E-state index is 0.00396. The molecule has 1 aromatic heterocycles. The second-order valence-electron chi connectivity index (χ2n) is 6.58. The van der Waals surface area contributed by atoms with E-state index in [0.717, 1.165) is 29.3 Å². The van der Waals surface area contributed by atoms with E-state index < -0.39 is 0 Å². The molecule has 132 valence electrons. The molecule has 1 heterocycles. The van der Waals surface area contributed by atoms with Crippen molar-refractivity contribution in [3.05, 3.63) is 77.9 Å². The van der Waals surface area contributed by atoms with Crippen molar-refractivity contribution >= 4 is 22.5 Å². The van der Waals surface area contributed by atoms with E-state index in [0.29, 0.717) is 11.1 Å². The number of ketones is 1. The first-order chi connectivity index (χ1) is 12.5. The molecule has 0 aliphatic heterocycles. The predicted octanol–water partition coefficient (Wildman–Crippen LogP) is 4.53. The molecule has 0 aliphatic carbocycles. The van der Waals surface area contributed by atoms with Crippen molar-refractivity contribution in [1.82, 2.24) is 4.98 Å². The number of Topliss-reactive ketones (excluding diaryl/α,β-unsaturated/α-hetero) is 1. The zero-order valence-corrected chi connectivity index (χ0v) is 14.8. The molecule has 3 rings (SSSR count). The van der Waals surface area contributed by atoms with Crippen LogP contribution in [0.15, 0.2) is 66.7 Å². The van der Waals surface area contributed by atoms with E-state index in [1.807, 2.05) is 43.3 Å². The third-order valence-corrected chi connectivity index (χ3v) is 4.66. The Balaban J connectivity index is 1.74. The molecule has 0 saturated heterocycles. The van der Waals surface area contributed by atoms with Crippen LogP contribution in [0, 0.1) is 5.92 Å². The number of benzene rings is 2. The smallest absolute Gasteiger partial charge is 0.192 e. The Hall–Kier alpha value is -3.14. The maximum atomic E-state index is 12.9. The SMILES string of the molecule is C=C(C(=O)c1cc2ccccc2nc1N)C(C)CCc1cccc(O)c1. The molecular formula is C22H22N2O2. The van der Waals surface area contributed by atoms with Crippen LogP contribution in [0.25, 0.3) is 10.9 Å². The van der Waals surface area contributed by atoms with Crippen LogP contribution in [0.1, 0.15) is 29.3 Å². The molecule has 3 N–H and O–H groups in total. The van der Waals surface area contributed by atoms with E-state index in [2.05, 4.69) is 11.6 Å². The van der Waals surface area contributed by atoms with E-state index in [1.54, 1.807) is 18.2 Å². The van der Waals surface area contributed by atoms with E-state index in [-0.39, 0.29) is 23.3 Å². The van der Waals surface area contributed by atoms with E-state index in [4.69, 9.17) is 5.73 Å². The summed E-state index contributed by atoms with van der Waals surface area (Å²) in [5.41, 5.74) is 8.73. The van der Waals surface area contributed by atoms with Crippen LogP contribution < -0.4 is 5.73 Å². The Morgan fingerprint density at radius 3 is 2.73 bits per heavy atom. The number of aromatic hydroxyl groups is 1. The van der Waals surface area contributed by atoms with Gasteiger partial charge in [-0.25, -0.2) is 4.98 Å². The van der Waals surface area contributed by atoms with Crippen LogP contribution in [-0.4, -0.2) is 15.9 Å². The highest BCUT2D eigenvalue weighted by Crippen LogP contribution is 2.25. The lowest BCUT2D eigenvalue weighted by molar-refractivity contribution is 0.102. The number of pyridine rings is 1. The number of para-hydroxylation sites is 1. The fraction of sp³-hybridized carbons (Fsp3) is 0.182. The van der Waals surface area contributed by atoms with Crippen LogP contribution in [0.3, 0.4) is 0 Å². The number of rotatable bonds is 6. The Morgan fingerprint density at radius 2 is 1.96 bits per heavy atom. The quantitative estimate of drug-likeness (QED) is 0.508. The molecule has 0 bridgehead atoms. The summed E-state index contributed by atoms with van der Waals surface area (Å²) in [6.45, 7) is 5.98. The van der Waals surface area contributed by atoms with Crippen molar-refractivity contribution in [1.29, 1.82) is 0 Å². The van der Waals surface area contributed by atoms with Crippen LogP contribution in [-0.2, 0) is 6.42 Å². The van der Waals surface area contributed by atoms with Crippen molar-refractivity contribution in [2.75, 3.05) is 5.73 Å². The number of nitrogens with zero attached hydrogens (tertiary/aromatic N) is 1. The molecule has 0 spiro atoms. The molecule has 1 unspecified atom stereocenters. The van der Waals surface area contributed by atoms with E-state index in [9.17, 15) is 9.90 Å². The average Bonchev–Trinajstić information content (AvgIpc) is 2.64. The van der Waals surface area contributed by atoms with Crippen LogP contribution in [0.5, 0.6) is 5.75 Å². The number of nitrogens with two attached hydrogens (primary N) is 1. The van der Waals surface area contributed by atoms with Gasteiger partial charge in [-0.2, -0.15) is 0 Å². The first kappa shape index (κ1) is 17.7. The molecule has 1 atom stereocenters. The van der Waals surface area contributed by atoms with Crippen LogP contribution >= 0.6 is 0 Å². The Labute approximate surface area is 153 Å². The number of anilines is 1. The number of allylic oxidation sites excluding steroid dienone is 1. The number of hydrogen-bond acceptors (Lipinski definition) is 4. The summed E-state index contributed by atoms with van der Waals surface area (Å²) in [7, 11) is 0. The monoisotopic (exact) mass is 346 g/mol. The Morgan fingerprint density at radius 1 is 1.19 bits per heavy atom. The molecule has 2 aromatic carbocycles. The second kappa shape index (κ2) is 7.40. The van der Waals surface area contributed by atoms with Gasteiger partial charge in [-0.1, -0.05) is 43.8 Å². The summed E-state index contributed by atoms with van der Waals surface area (Å²) in [6, 6.07) is 16.5. The second-order valence-corrected chi connectivity index (χ2v) is 6.58. The summed E-state index contributed by atoms with van der Waals surface area (Å²) in [6.07, 6.45) is 1.52. The first-order valence-corrected chi connectivity index (χ1v) is 8.62. The standard InChI is InChI=1S/C22H22N2O2/c1-14(10-11-16-6-5-8-18(25)12-16)15(2)21(26)19-13-17-7-3-4-9-20(17)24-22(19)23/h3-9,12-14,25H,2,10-11H2,1H3,(H2,23,24). The third kappa shape index (κ3) is 3.75. The van der Waals surface area contributed by atoms with Crippen LogP contribution in [0.4, 0.5) is 5.82 Å². The van der Waals surface area contributed by atoms with Gasteiger partial charge in [-0.3, -0.25) is 4.79 Å². The number of hydrogen-bond donors (Lipinski definition) is 2. The molecule has 3 aromatic rings. The van der Waals surface area contributed by atoms with Crippen molar-refractivity contribution in [3.63, 3.8) is 0 Å². The van der Waals surface area contributed by atoms with Gasteiger partial charge < -0.3 is 10.8 Å². The number of carbonyl (C=O) groups is 1. The number of nitrogen functional groups attached to an aromatic ring is 1. The van der Waals surface area contributed by atoms with Crippen molar-refractivity contribution in [3.8, 4) is 5.75 Å². The Bertz CT molecular complexity index is 979. The lowest BCUT2D eigenvalue weighted by Crippen LogP contribution is -2.13. The number of aromatic nitrogens is 1. The molecule has 0 saturated carbocycles. The lowest BCUT2D eigenvalue weighted by atomic mass is 9.89. The maximum absolute atomic E-state index is 12.9. The van der Waals surface area contributed by atoms with Gasteiger partial charge >= 0.3 is 0 Å². The van der Waals surface area contributed by atoms with Gasteiger partial charge in [0.05, 0.1) is 11.1 Å². The van der Waals surface area contributed by atoms with Gasteiger partial charge in [-0.05, 0) is 54.2 Å². The largest absolute Gasteiger partial charge is 0.508 e. The zero-order chi connectivity index (χ0) is 18.7. The summed E-state index contributed by atoms with van der Waals surface area (Å²) >= 11 is 0. The summed E-state index contributed by atoms with van der Waals surface area (Å²) in [5, 5.41) is 10.4. The highest BCUT2D eigenvalue weighted by Gasteiger charge is 2.20. The van der Waals surface area contributed by atoms with Gasteiger partial charge in [0, 0.05) is 5.39 Å². The predicted molar refractivity (Wildman–Crippen MR) is 105 cm³/mol. The number of aryl methyl sites for hydroxylation is 1. The molecule has 0 radical (unpaired) electrons. The molecule has 0 fully saturated rings. The molecule has 26 heavy (non-hydrogen) atoms. The molecular weight excluding hydrogens is 324 g/mol. The Kier molecular flexibility index (Phi) is 5.03. The fourth-order valence-electron chi connectivity index (χ4n) is 2.98. The molecule has 0 aliphatic rings. The summed E-state index contributed by atoms with van der Waals surface area (Å²) < 4.78 is 0. The van der Waals surface area contributed by atoms with Gasteiger partial charge in [0.15, 0.2) is 5.78 Å². The average molecular weight is 346 g/mol. The molecule has 4 nitrogen and oxygen atoms in total. The minimum Gasteiger partial charge on any atom is -0.508 e. The van der Waals surface area contributed by atoms with E-state index >= 15 is 0 Å². The topological polar surface area (TPSA) is 76.2 Å². The van der Waals surface area contributed by atoms with Crippen molar-refractivity contribution < 1.29 is 9.90 Å². The van der Waals surface area contributed by atoms with E-state index in [1.165, 1.54) is 0 Å². The molecule has 0 amide bonds. The minimum atomic E-state index is -0.163. The number of fused-ring (bicyclic) bond motifs is 1. The van der Waals surface area contributed by atoms with Gasteiger partial charge in [0.2, 0.25) is 0 Å². The third-order valence-electron chi connectivity index (χ3n) is 4.66. The summed E-state index contributed by atoms with van der Waals surface area (Å²) in [5.74, 6) is 0.315. The lowest BCUT2D eigenvalue weighted by Gasteiger charge is -2.15. The highest BCUT2D eigenvalue weighted by molar-refractivity contribution is 6.12. The highest BCUT2D eigenvalue weighted by atomic mass is 16.3. The normalized spacial score (nSPS) is 12.0. The van der Waals surface area contributed by atoms with Crippen LogP contribution in [0.2, 0.25) is 0 Å². The number of carbonyl (C=O) groups excluding carboxylic acids is 1. The van der Waals surface area contributed by atoms with Crippen molar-refractivity contribution in [2.24, 2.45) is 5.92 Å².